The first-order chi connectivity index (χ1) is 16.3. The highest BCUT2D eigenvalue weighted by molar-refractivity contribution is 7.79. The molecule has 3 N–H and O–H groups in total. The van der Waals surface area contributed by atoms with Crippen molar-refractivity contribution in [1.29, 1.82) is 0 Å². The van der Waals surface area contributed by atoms with Crippen molar-refractivity contribution < 1.29 is 13.2 Å². The first-order valence-corrected chi connectivity index (χ1v) is 12.6. The standard InChI is InChI=1S/C22H27ClFN7O2S/c1-13-9-19(18(24)11-16(13)15-3-5-31(6-4-15)7-8-34(32)33)26-22-25-12-17(23)21(28-22)27-20-10-14(2)29-30-20/h9-12,15H,3-8H2,1-2H3,(H,32,33)(H3,25,26,27,28,29,30)/p-1. The van der Waals surface area contributed by atoms with Crippen LogP contribution >= 0.6 is 11.6 Å². The number of aromatic amines is 1. The second kappa shape index (κ2) is 10.8. The molecule has 3 aromatic rings. The van der Waals surface area contributed by atoms with Gasteiger partial charge in [-0.3, -0.25) is 9.31 Å². The fourth-order valence-electron chi connectivity index (χ4n) is 4.14. The third-order valence-corrected chi connectivity index (χ3v) is 6.69. The van der Waals surface area contributed by atoms with Crippen LogP contribution in [-0.2, 0) is 11.1 Å². The van der Waals surface area contributed by atoms with E-state index in [9.17, 15) is 8.76 Å². The quantitative estimate of drug-likeness (QED) is 0.389. The lowest BCUT2D eigenvalue weighted by molar-refractivity contribution is 0.222. The minimum absolute atomic E-state index is 0.143. The molecule has 182 valence electrons. The Morgan fingerprint density at radius 3 is 2.71 bits per heavy atom. The molecule has 0 spiro atoms. The number of hydrogen-bond acceptors (Lipinski definition) is 8. The van der Waals surface area contributed by atoms with Crippen LogP contribution in [0.4, 0.5) is 27.7 Å². The number of rotatable bonds is 8. The molecule has 1 aliphatic rings. The van der Waals surface area contributed by atoms with E-state index in [-0.39, 0.29) is 29.1 Å². The van der Waals surface area contributed by atoms with Crippen molar-refractivity contribution in [1.82, 2.24) is 25.1 Å². The molecule has 0 saturated carbocycles. The van der Waals surface area contributed by atoms with Crippen LogP contribution in [0.2, 0.25) is 5.02 Å². The highest BCUT2D eigenvalue weighted by atomic mass is 35.5. The molecule has 1 atom stereocenters. The highest BCUT2D eigenvalue weighted by Crippen LogP contribution is 2.34. The van der Waals surface area contributed by atoms with Crippen LogP contribution in [0.5, 0.6) is 0 Å². The van der Waals surface area contributed by atoms with Gasteiger partial charge in [0.25, 0.3) is 0 Å². The summed E-state index contributed by atoms with van der Waals surface area (Å²) in [6.07, 6.45) is 3.16. The second-order valence-electron chi connectivity index (χ2n) is 8.39. The summed E-state index contributed by atoms with van der Waals surface area (Å²) in [6.45, 7) is 5.97. The van der Waals surface area contributed by atoms with E-state index in [1.165, 1.54) is 6.20 Å². The number of hydrogen-bond donors (Lipinski definition) is 3. The second-order valence-corrected chi connectivity index (χ2v) is 9.81. The van der Waals surface area contributed by atoms with Crippen LogP contribution in [0.1, 0.15) is 35.6 Å². The maximum atomic E-state index is 15.0. The number of halogens is 2. The molecule has 0 aliphatic carbocycles. The highest BCUT2D eigenvalue weighted by Gasteiger charge is 2.23. The number of anilines is 4. The van der Waals surface area contributed by atoms with Gasteiger partial charge in [-0.1, -0.05) is 22.7 Å². The van der Waals surface area contributed by atoms with Crippen molar-refractivity contribution in [3.63, 3.8) is 0 Å². The Morgan fingerprint density at radius 1 is 1.26 bits per heavy atom. The zero-order valence-electron chi connectivity index (χ0n) is 18.9. The molecule has 3 heterocycles. The van der Waals surface area contributed by atoms with E-state index < -0.39 is 11.1 Å². The van der Waals surface area contributed by atoms with Gasteiger partial charge >= 0.3 is 0 Å². The van der Waals surface area contributed by atoms with E-state index in [0.717, 1.165) is 42.8 Å². The van der Waals surface area contributed by atoms with Crippen molar-refractivity contribution in [3.8, 4) is 0 Å². The zero-order chi connectivity index (χ0) is 24.2. The summed E-state index contributed by atoms with van der Waals surface area (Å²) in [4.78, 5) is 10.7. The van der Waals surface area contributed by atoms with E-state index in [0.29, 0.717) is 23.2 Å². The minimum atomic E-state index is -2.03. The molecule has 34 heavy (non-hydrogen) atoms. The number of nitrogens with zero attached hydrogens (tertiary/aromatic N) is 4. The van der Waals surface area contributed by atoms with Gasteiger partial charge in [0.05, 0.1) is 11.9 Å². The monoisotopic (exact) mass is 506 g/mol. The van der Waals surface area contributed by atoms with E-state index in [1.54, 1.807) is 12.1 Å². The molecule has 0 amide bonds. The van der Waals surface area contributed by atoms with Gasteiger partial charge in [0.1, 0.15) is 10.8 Å². The molecule has 1 fully saturated rings. The average Bonchev–Trinajstić information content (AvgIpc) is 3.21. The van der Waals surface area contributed by atoms with E-state index >= 15 is 4.39 Å². The first-order valence-electron chi connectivity index (χ1n) is 11.0. The Balaban J connectivity index is 1.44. The number of benzene rings is 1. The van der Waals surface area contributed by atoms with Gasteiger partial charge in [-0.25, -0.2) is 9.37 Å². The summed E-state index contributed by atoms with van der Waals surface area (Å²) >= 11 is 4.18. The van der Waals surface area contributed by atoms with E-state index in [4.69, 9.17) is 11.6 Å². The van der Waals surface area contributed by atoms with Crippen LogP contribution in [-0.4, -0.2) is 59.2 Å². The van der Waals surface area contributed by atoms with Crippen molar-refractivity contribution >= 4 is 46.0 Å². The molecule has 1 aromatic carbocycles. The summed E-state index contributed by atoms with van der Waals surface area (Å²) in [5.74, 6) is 1.10. The molecule has 0 radical (unpaired) electrons. The number of piperidine rings is 1. The number of nitrogens with one attached hydrogen (secondary N) is 3. The Kier molecular flexibility index (Phi) is 7.77. The van der Waals surface area contributed by atoms with Gasteiger partial charge in [0.2, 0.25) is 5.95 Å². The molecule has 0 bridgehead atoms. The van der Waals surface area contributed by atoms with Crippen molar-refractivity contribution in [2.75, 3.05) is 36.0 Å². The molecule has 4 rings (SSSR count). The Labute approximate surface area is 204 Å². The van der Waals surface area contributed by atoms with Crippen LogP contribution < -0.4 is 10.6 Å². The minimum Gasteiger partial charge on any atom is -0.772 e. The predicted octanol–water partition coefficient (Wildman–Crippen LogP) is 4.15. The van der Waals surface area contributed by atoms with E-state index in [1.807, 2.05) is 19.9 Å². The molecule has 9 nitrogen and oxygen atoms in total. The van der Waals surface area contributed by atoms with Crippen molar-refractivity contribution in [3.05, 3.63) is 52.1 Å². The van der Waals surface area contributed by atoms with Gasteiger partial charge in [-0.15, -0.1) is 0 Å². The summed E-state index contributed by atoms with van der Waals surface area (Å²) in [7, 11) is 0. The lowest BCUT2D eigenvalue weighted by Crippen LogP contribution is -2.35. The molecule has 1 unspecified atom stereocenters. The molecular formula is C22H26ClFN7O2S-. The van der Waals surface area contributed by atoms with Gasteiger partial charge in [0.15, 0.2) is 11.6 Å². The predicted molar refractivity (Wildman–Crippen MR) is 130 cm³/mol. The Morgan fingerprint density at radius 2 is 2.03 bits per heavy atom. The normalized spacial score (nSPS) is 15.9. The van der Waals surface area contributed by atoms with Crippen LogP contribution in [0, 0.1) is 19.7 Å². The third kappa shape index (κ3) is 6.09. The topological polar surface area (TPSA) is 122 Å². The molecule has 2 aromatic heterocycles. The van der Waals surface area contributed by atoms with Crippen LogP contribution in [0.15, 0.2) is 24.4 Å². The summed E-state index contributed by atoms with van der Waals surface area (Å²) < 4.78 is 36.6. The van der Waals surface area contributed by atoms with Crippen molar-refractivity contribution in [2.24, 2.45) is 0 Å². The fourth-order valence-corrected chi connectivity index (χ4v) is 4.69. The van der Waals surface area contributed by atoms with Crippen molar-refractivity contribution in [2.45, 2.75) is 32.6 Å². The maximum Gasteiger partial charge on any atom is 0.229 e. The third-order valence-electron chi connectivity index (χ3n) is 5.90. The van der Waals surface area contributed by atoms with Gasteiger partial charge in [-0.05, 0) is 69.0 Å². The fraction of sp³-hybridized carbons (Fsp3) is 0.409. The Hall–Kier alpha value is -2.60. The van der Waals surface area contributed by atoms with Gasteiger partial charge in [0, 0.05) is 24.1 Å². The van der Waals surface area contributed by atoms with Gasteiger partial charge < -0.3 is 20.1 Å². The van der Waals surface area contributed by atoms with Gasteiger partial charge in [-0.2, -0.15) is 10.1 Å². The van der Waals surface area contributed by atoms with Crippen LogP contribution in [0.25, 0.3) is 0 Å². The largest absolute Gasteiger partial charge is 0.772 e. The summed E-state index contributed by atoms with van der Waals surface area (Å²) in [6, 6.07) is 5.15. The summed E-state index contributed by atoms with van der Waals surface area (Å²) in [5.41, 5.74) is 3.11. The first kappa shape index (κ1) is 24.5. The van der Waals surface area contributed by atoms with E-state index in [2.05, 4.69) is 35.7 Å². The zero-order valence-corrected chi connectivity index (χ0v) is 20.5. The molecule has 12 heteroatoms. The molecular weight excluding hydrogens is 481 g/mol. The lowest BCUT2D eigenvalue weighted by atomic mass is 9.86. The number of aromatic nitrogens is 4. The SMILES string of the molecule is Cc1cc(Nc2nc(Nc3cc(C)c(C4CCN(CCS(=O)[O-])CC4)cc3F)ncc2Cl)n[nH]1. The maximum absolute atomic E-state index is 15.0. The Bertz CT molecular complexity index is 1180. The number of H-pyrrole nitrogens is 1. The average molecular weight is 507 g/mol. The number of likely N-dealkylation sites (tertiary alicyclic amines) is 1. The number of aryl methyl sites for hydroxylation is 2. The van der Waals surface area contributed by atoms with Crippen LogP contribution in [0.3, 0.4) is 0 Å². The smallest absolute Gasteiger partial charge is 0.229 e. The summed E-state index contributed by atoms with van der Waals surface area (Å²) in [5, 5.41) is 13.2. The molecule has 1 aliphatic heterocycles. The molecule has 1 saturated heterocycles. The lowest BCUT2D eigenvalue weighted by Gasteiger charge is -2.33.